The molecule has 2 aromatic carbocycles. The molecule has 1 aromatic heterocycles. The van der Waals surface area contributed by atoms with Gasteiger partial charge in [-0.15, -0.1) is 0 Å². The molecule has 142 valence electrons. The summed E-state index contributed by atoms with van der Waals surface area (Å²) in [5.41, 5.74) is 2.05. The Morgan fingerprint density at radius 3 is 2.07 bits per heavy atom. The molecule has 0 amide bonds. The van der Waals surface area contributed by atoms with Crippen molar-refractivity contribution in [2.75, 3.05) is 21.3 Å². The van der Waals surface area contributed by atoms with Crippen molar-refractivity contribution >= 4 is 11.6 Å². The molecule has 1 heterocycles. The molecule has 3 aromatic rings. The summed E-state index contributed by atoms with van der Waals surface area (Å²) in [7, 11) is 4.58. The minimum Gasteiger partial charge on any atom is -0.493 e. The number of hydrogen-bond acceptors (Lipinski definition) is 7. The molecule has 0 spiro atoms. The maximum absolute atomic E-state index is 13.0. The lowest BCUT2D eigenvalue weighted by atomic mass is 9.86. The summed E-state index contributed by atoms with van der Waals surface area (Å²) in [4.78, 5) is 25.6. The average molecular weight is 379 g/mol. The van der Waals surface area contributed by atoms with Gasteiger partial charge in [0.15, 0.2) is 17.3 Å². The summed E-state index contributed by atoms with van der Waals surface area (Å²) >= 11 is 0. The van der Waals surface area contributed by atoms with Crippen LogP contribution in [0.2, 0.25) is 0 Å². The third kappa shape index (κ3) is 2.63. The van der Waals surface area contributed by atoms with Crippen LogP contribution in [0.5, 0.6) is 17.2 Å². The lowest BCUT2D eigenvalue weighted by molar-refractivity contribution is 0.0955. The zero-order valence-electron chi connectivity index (χ0n) is 15.6. The molecule has 0 N–H and O–H groups in total. The van der Waals surface area contributed by atoms with Crippen LogP contribution in [0, 0.1) is 0 Å². The number of fused-ring (bicyclic) bond motifs is 2. The number of benzene rings is 2. The van der Waals surface area contributed by atoms with Crippen molar-refractivity contribution in [1.82, 2.24) is 5.16 Å². The van der Waals surface area contributed by atoms with Crippen LogP contribution in [-0.4, -0.2) is 38.1 Å². The van der Waals surface area contributed by atoms with Gasteiger partial charge >= 0.3 is 0 Å². The van der Waals surface area contributed by atoms with E-state index in [-0.39, 0.29) is 29.3 Å². The van der Waals surface area contributed by atoms with Crippen molar-refractivity contribution in [2.45, 2.75) is 6.42 Å². The Bertz CT molecular complexity index is 1070. The largest absolute Gasteiger partial charge is 0.493 e. The van der Waals surface area contributed by atoms with E-state index in [0.717, 1.165) is 5.56 Å². The maximum Gasteiger partial charge on any atom is 0.232 e. The van der Waals surface area contributed by atoms with Crippen LogP contribution in [0.25, 0.3) is 0 Å². The fraction of sp³-hybridized carbons (Fsp3) is 0.190. The number of methoxy groups -OCH3 is 3. The van der Waals surface area contributed by atoms with Gasteiger partial charge in [0, 0.05) is 17.5 Å². The van der Waals surface area contributed by atoms with Gasteiger partial charge < -0.3 is 18.7 Å². The summed E-state index contributed by atoms with van der Waals surface area (Å²) in [6, 6.07) is 10.2. The highest BCUT2D eigenvalue weighted by Gasteiger charge is 2.36. The second kappa shape index (κ2) is 6.84. The molecule has 0 aliphatic heterocycles. The summed E-state index contributed by atoms with van der Waals surface area (Å²) in [5.74, 6) is 0.814. The maximum atomic E-state index is 13.0. The van der Waals surface area contributed by atoms with Crippen LogP contribution in [0.4, 0.5) is 0 Å². The van der Waals surface area contributed by atoms with Gasteiger partial charge in [0.2, 0.25) is 17.3 Å². The monoisotopic (exact) mass is 379 g/mol. The van der Waals surface area contributed by atoms with E-state index < -0.39 is 0 Å². The number of rotatable bonds is 5. The zero-order chi connectivity index (χ0) is 19.8. The third-order valence-electron chi connectivity index (χ3n) is 4.71. The lowest BCUT2D eigenvalue weighted by Crippen LogP contribution is -2.20. The Morgan fingerprint density at radius 2 is 1.50 bits per heavy atom. The molecule has 0 fully saturated rings. The first kappa shape index (κ1) is 17.8. The number of hydrogen-bond donors (Lipinski definition) is 0. The van der Waals surface area contributed by atoms with E-state index in [1.54, 1.807) is 36.4 Å². The number of nitrogens with zero attached hydrogens (tertiary/aromatic N) is 1. The fourth-order valence-corrected chi connectivity index (χ4v) is 3.40. The minimum absolute atomic E-state index is 0.0221. The Balaban J connectivity index is 1.77. The van der Waals surface area contributed by atoms with Crippen LogP contribution in [0.3, 0.4) is 0 Å². The topological polar surface area (TPSA) is 87.9 Å². The Morgan fingerprint density at radius 1 is 0.893 bits per heavy atom. The van der Waals surface area contributed by atoms with Crippen molar-refractivity contribution in [3.05, 3.63) is 70.1 Å². The van der Waals surface area contributed by atoms with Gasteiger partial charge in [-0.2, -0.15) is 0 Å². The van der Waals surface area contributed by atoms with E-state index in [9.17, 15) is 9.59 Å². The zero-order valence-corrected chi connectivity index (χ0v) is 15.6. The molecule has 0 atom stereocenters. The molecule has 0 bridgehead atoms. The minimum atomic E-state index is -0.339. The van der Waals surface area contributed by atoms with E-state index in [0.29, 0.717) is 34.1 Å². The molecule has 4 rings (SSSR count). The molecule has 0 saturated carbocycles. The third-order valence-corrected chi connectivity index (χ3v) is 4.71. The van der Waals surface area contributed by atoms with Crippen molar-refractivity contribution in [2.24, 2.45) is 0 Å². The van der Waals surface area contributed by atoms with Crippen molar-refractivity contribution < 1.29 is 28.3 Å². The van der Waals surface area contributed by atoms with Gasteiger partial charge in [0.05, 0.1) is 32.6 Å². The molecule has 1 aliphatic carbocycles. The van der Waals surface area contributed by atoms with E-state index >= 15 is 0 Å². The summed E-state index contributed by atoms with van der Waals surface area (Å²) in [6.45, 7) is 0. The molecular weight excluding hydrogens is 362 g/mol. The van der Waals surface area contributed by atoms with Crippen molar-refractivity contribution in [3.8, 4) is 17.2 Å². The summed E-state index contributed by atoms with van der Waals surface area (Å²) < 4.78 is 21.3. The van der Waals surface area contributed by atoms with Gasteiger partial charge in [-0.05, 0) is 17.7 Å². The van der Waals surface area contributed by atoms with Crippen LogP contribution in [-0.2, 0) is 6.42 Å². The van der Waals surface area contributed by atoms with Gasteiger partial charge in [0.1, 0.15) is 0 Å². The molecule has 0 radical (unpaired) electrons. The van der Waals surface area contributed by atoms with E-state index in [1.807, 2.05) is 0 Å². The standard InChI is InChI=1S/C21H17NO6/c1-25-15-9-11(10-16(26-2)20(15)27-3)8-14-17-18(23)12-6-4-5-7-13(12)19(24)21(17)28-22-14/h4-7,9-10H,8H2,1-3H3. The molecule has 1 aliphatic rings. The highest BCUT2D eigenvalue weighted by atomic mass is 16.5. The quantitative estimate of drug-likeness (QED) is 0.526. The molecule has 0 unspecified atom stereocenters. The average Bonchev–Trinajstić information content (AvgIpc) is 3.15. The van der Waals surface area contributed by atoms with Gasteiger partial charge in [0.25, 0.3) is 0 Å². The van der Waals surface area contributed by atoms with Crippen LogP contribution < -0.4 is 14.2 Å². The second-order valence-corrected chi connectivity index (χ2v) is 6.25. The first-order valence-electron chi connectivity index (χ1n) is 8.54. The number of ketones is 2. The molecule has 28 heavy (non-hydrogen) atoms. The van der Waals surface area contributed by atoms with Crippen LogP contribution >= 0.6 is 0 Å². The highest BCUT2D eigenvalue weighted by molar-refractivity contribution is 6.27. The van der Waals surface area contributed by atoms with E-state index in [4.69, 9.17) is 18.7 Å². The van der Waals surface area contributed by atoms with E-state index in [2.05, 4.69) is 5.16 Å². The predicted molar refractivity (Wildman–Crippen MR) is 98.7 cm³/mol. The lowest BCUT2D eigenvalue weighted by Gasteiger charge is -2.15. The van der Waals surface area contributed by atoms with Crippen LogP contribution in [0.15, 0.2) is 40.9 Å². The smallest absolute Gasteiger partial charge is 0.232 e. The Kier molecular flexibility index (Phi) is 4.35. The van der Waals surface area contributed by atoms with Gasteiger partial charge in [-0.25, -0.2) is 0 Å². The Labute approximate surface area is 160 Å². The Hall–Kier alpha value is -3.61. The highest BCUT2D eigenvalue weighted by Crippen LogP contribution is 2.39. The molecule has 7 nitrogen and oxygen atoms in total. The molecule has 7 heteroatoms. The second-order valence-electron chi connectivity index (χ2n) is 6.25. The number of carbonyl (C=O) groups excluding carboxylic acids is 2. The van der Waals surface area contributed by atoms with E-state index in [1.165, 1.54) is 21.3 Å². The molecular formula is C21H17NO6. The van der Waals surface area contributed by atoms with Crippen molar-refractivity contribution in [3.63, 3.8) is 0 Å². The van der Waals surface area contributed by atoms with Crippen LogP contribution in [0.1, 0.15) is 43.3 Å². The first-order chi connectivity index (χ1) is 13.6. The number of ether oxygens (including phenoxy) is 3. The van der Waals surface area contributed by atoms with Gasteiger partial charge in [-0.1, -0.05) is 29.4 Å². The van der Waals surface area contributed by atoms with Crippen molar-refractivity contribution in [1.29, 1.82) is 0 Å². The molecule has 0 saturated heterocycles. The fourth-order valence-electron chi connectivity index (χ4n) is 3.40. The first-order valence-corrected chi connectivity index (χ1v) is 8.54. The normalized spacial score (nSPS) is 12.4. The summed E-state index contributed by atoms with van der Waals surface area (Å²) in [5, 5.41) is 4.00. The SMILES string of the molecule is COc1cc(Cc2noc3c2C(=O)c2ccccc2C3=O)cc(OC)c1OC. The van der Waals surface area contributed by atoms with Gasteiger partial charge in [-0.3, -0.25) is 9.59 Å². The number of aromatic nitrogens is 1. The predicted octanol–water partition coefficient (Wildman–Crippen LogP) is 3.07. The summed E-state index contributed by atoms with van der Waals surface area (Å²) in [6.07, 6.45) is 0.261. The number of carbonyl (C=O) groups is 2.